The van der Waals surface area contributed by atoms with Crippen molar-refractivity contribution in [2.45, 2.75) is 38.0 Å². The average molecular weight is 207 g/mol. The molecule has 0 aromatic rings. The van der Waals surface area contributed by atoms with Gasteiger partial charge in [0.25, 0.3) is 5.92 Å². The van der Waals surface area contributed by atoms with Crippen LogP contribution >= 0.6 is 0 Å². The van der Waals surface area contributed by atoms with Crippen molar-refractivity contribution in [2.75, 3.05) is 19.7 Å². The molecule has 1 rings (SSSR count). The summed E-state index contributed by atoms with van der Waals surface area (Å²) in [7, 11) is 0. The van der Waals surface area contributed by atoms with Crippen LogP contribution in [0.3, 0.4) is 0 Å². The maximum Gasteiger partial charge on any atom is 0.251 e. The van der Waals surface area contributed by atoms with Crippen molar-refractivity contribution in [1.29, 1.82) is 0 Å². The molecule has 2 N–H and O–H groups in total. The largest absolute Gasteiger partial charge is 0.396 e. The van der Waals surface area contributed by atoms with Crippen molar-refractivity contribution in [3.05, 3.63) is 0 Å². The third-order valence-electron chi connectivity index (χ3n) is 2.62. The third-order valence-corrected chi connectivity index (χ3v) is 2.62. The van der Waals surface area contributed by atoms with Crippen LogP contribution in [0.2, 0.25) is 0 Å². The standard InChI is InChI=1S/C10H19F2NO/c11-10(12)8-9(10)4-1-2-5-13-6-3-7-14/h9,13-14H,1-8H2. The van der Waals surface area contributed by atoms with Crippen molar-refractivity contribution < 1.29 is 13.9 Å². The predicted octanol–water partition coefficient (Wildman–Crippen LogP) is 1.78. The lowest BCUT2D eigenvalue weighted by Gasteiger charge is -2.02. The van der Waals surface area contributed by atoms with E-state index in [1.54, 1.807) is 0 Å². The fourth-order valence-electron chi connectivity index (χ4n) is 1.55. The van der Waals surface area contributed by atoms with E-state index >= 15 is 0 Å². The zero-order valence-electron chi connectivity index (χ0n) is 8.44. The second kappa shape index (κ2) is 5.61. The molecule has 1 aliphatic rings. The van der Waals surface area contributed by atoms with Crippen LogP contribution in [0.5, 0.6) is 0 Å². The number of hydrogen-bond donors (Lipinski definition) is 2. The van der Waals surface area contributed by atoms with E-state index in [0.29, 0.717) is 6.42 Å². The first-order valence-corrected chi connectivity index (χ1v) is 5.36. The van der Waals surface area contributed by atoms with Gasteiger partial charge in [0.1, 0.15) is 0 Å². The average Bonchev–Trinajstić information content (AvgIpc) is 2.73. The Morgan fingerprint density at radius 3 is 2.43 bits per heavy atom. The molecule has 1 saturated carbocycles. The maximum absolute atomic E-state index is 12.4. The maximum atomic E-state index is 12.4. The lowest BCUT2D eigenvalue weighted by Crippen LogP contribution is -2.17. The van der Waals surface area contributed by atoms with E-state index in [1.807, 2.05) is 0 Å². The van der Waals surface area contributed by atoms with Crippen LogP contribution in [0.1, 0.15) is 32.1 Å². The minimum atomic E-state index is -2.34. The molecule has 0 amide bonds. The van der Waals surface area contributed by atoms with Gasteiger partial charge in [0, 0.05) is 18.9 Å². The highest BCUT2D eigenvalue weighted by Gasteiger charge is 2.55. The van der Waals surface area contributed by atoms with Gasteiger partial charge >= 0.3 is 0 Å². The van der Waals surface area contributed by atoms with Crippen LogP contribution in [0.15, 0.2) is 0 Å². The number of unbranched alkanes of at least 4 members (excludes halogenated alkanes) is 1. The van der Waals surface area contributed by atoms with Gasteiger partial charge in [0.2, 0.25) is 0 Å². The van der Waals surface area contributed by atoms with Crippen molar-refractivity contribution >= 4 is 0 Å². The fourth-order valence-corrected chi connectivity index (χ4v) is 1.55. The molecule has 0 saturated heterocycles. The SMILES string of the molecule is OCCCNCCCCC1CC1(F)F. The minimum absolute atomic E-state index is 0.102. The van der Waals surface area contributed by atoms with Crippen molar-refractivity contribution in [3.63, 3.8) is 0 Å². The van der Waals surface area contributed by atoms with Crippen LogP contribution in [0, 0.1) is 5.92 Å². The number of hydrogen-bond acceptors (Lipinski definition) is 2. The second-order valence-corrected chi connectivity index (χ2v) is 3.99. The monoisotopic (exact) mass is 207 g/mol. The summed E-state index contributed by atoms with van der Waals surface area (Å²) in [5, 5.41) is 11.6. The molecule has 1 unspecified atom stereocenters. The Bertz CT molecular complexity index is 164. The normalized spacial score (nSPS) is 23.8. The molecule has 1 fully saturated rings. The zero-order valence-corrected chi connectivity index (χ0v) is 8.44. The Morgan fingerprint density at radius 1 is 1.21 bits per heavy atom. The molecule has 0 spiro atoms. The summed E-state index contributed by atoms with van der Waals surface area (Å²) in [6.45, 7) is 1.90. The first kappa shape index (κ1) is 11.9. The molecule has 2 nitrogen and oxygen atoms in total. The van der Waals surface area contributed by atoms with E-state index in [-0.39, 0.29) is 18.9 Å². The van der Waals surface area contributed by atoms with Gasteiger partial charge < -0.3 is 10.4 Å². The summed E-state index contributed by atoms with van der Waals surface area (Å²) >= 11 is 0. The molecule has 1 aliphatic carbocycles. The number of aliphatic hydroxyl groups is 1. The van der Waals surface area contributed by atoms with Crippen LogP contribution < -0.4 is 5.32 Å². The van der Waals surface area contributed by atoms with E-state index in [9.17, 15) is 8.78 Å². The van der Waals surface area contributed by atoms with Gasteiger partial charge in [-0.3, -0.25) is 0 Å². The van der Waals surface area contributed by atoms with Crippen LogP contribution in [0.25, 0.3) is 0 Å². The highest BCUT2D eigenvalue weighted by atomic mass is 19.3. The van der Waals surface area contributed by atoms with Gasteiger partial charge in [-0.25, -0.2) is 8.78 Å². The van der Waals surface area contributed by atoms with E-state index in [0.717, 1.165) is 32.4 Å². The molecule has 14 heavy (non-hydrogen) atoms. The minimum Gasteiger partial charge on any atom is -0.396 e. The van der Waals surface area contributed by atoms with Crippen LogP contribution in [-0.2, 0) is 0 Å². The number of rotatable bonds is 8. The molecule has 4 heteroatoms. The molecular formula is C10H19F2NO. The molecule has 1 atom stereocenters. The first-order valence-electron chi connectivity index (χ1n) is 5.36. The Balaban J connectivity index is 1.77. The quantitative estimate of drug-likeness (QED) is 0.595. The van der Waals surface area contributed by atoms with Gasteiger partial charge in [-0.05, 0) is 32.4 Å². The van der Waals surface area contributed by atoms with Crippen LogP contribution in [0.4, 0.5) is 8.78 Å². The second-order valence-electron chi connectivity index (χ2n) is 3.99. The molecule has 0 heterocycles. The Hall–Kier alpha value is -0.220. The number of alkyl halides is 2. The number of halogens is 2. The Kier molecular flexibility index (Phi) is 4.75. The first-order chi connectivity index (χ1) is 6.67. The fraction of sp³-hybridized carbons (Fsp3) is 1.00. The predicted molar refractivity (Wildman–Crippen MR) is 51.5 cm³/mol. The zero-order chi connectivity index (χ0) is 10.4. The van der Waals surface area contributed by atoms with Crippen LogP contribution in [-0.4, -0.2) is 30.7 Å². The summed E-state index contributed by atoms with van der Waals surface area (Å²) in [5.74, 6) is -2.68. The Morgan fingerprint density at radius 2 is 1.86 bits per heavy atom. The highest BCUT2D eigenvalue weighted by Crippen LogP contribution is 2.51. The van der Waals surface area contributed by atoms with E-state index in [2.05, 4.69) is 5.32 Å². The molecule has 84 valence electrons. The third kappa shape index (κ3) is 4.33. The van der Waals surface area contributed by atoms with Gasteiger partial charge in [-0.2, -0.15) is 0 Å². The lowest BCUT2D eigenvalue weighted by atomic mass is 10.2. The highest BCUT2D eigenvalue weighted by molar-refractivity contribution is 4.94. The molecule has 0 aromatic carbocycles. The summed E-state index contributed by atoms with van der Waals surface area (Å²) in [4.78, 5) is 0. The molecule has 0 radical (unpaired) electrons. The number of nitrogens with one attached hydrogen (secondary N) is 1. The molecule has 0 bridgehead atoms. The van der Waals surface area contributed by atoms with Gasteiger partial charge in [-0.1, -0.05) is 6.42 Å². The lowest BCUT2D eigenvalue weighted by molar-refractivity contribution is 0.0964. The van der Waals surface area contributed by atoms with Crippen molar-refractivity contribution in [1.82, 2.24) is 5.32 Å². The smallest absolute Gasteiger partial charge is 0.251 e. The van der Waals surface area contributed by atoms with Gasteiger partial charge in [0.05, 0.1) is 0 Å². The molecular weight excluding hydrogens is 188 g/mol. The Labute approximate surface area is 83.7 Å². The van der Waals surface area contributed by atoms with Crippen molar-refractivity contribution in [3.8, 4) is 0 Å². The van der Waals surface area contributed by atoms with Gasteiger partial charge in [0.15, 0.2) is 0 Å². The van der Waals surface area contributed by atoms with Gasteiger partial charge in [-0.15, -0.1) is 0 Å². The van der Waals surface area contributed by atoms with E-state index < -0.39 is 5.92 Å². The summed E-state index contributed by atoms with van der Waals surface area (Å²) in [6.07, 6.45) is 3.37. The van der Waals surface area contributed by atoms with E-state index in [1.165, 1.54) is 0 Å². The summed E-state index contributed by atoms with van der Waals surface area (Å²) in [5.41, 5.74) is 0. The summed E-state index contributed by atoms with van der Waals surface area (Å²) < 4.78 is 24.9. The van der Waals surface area contributed by atoms with E-state index in [4.69, 9.17) is 5.11 Å². The molecule has 0 aliphatic heterocycles. The van der Waals surface area contributed by atoms with Crippen molar-refractivity contribution in [2.24, 2.45) is 5.92 Å². The molecule has 0 aromatic heterocycles. The topological polar surface area (TPSA) is 32.3 Å². The number of aliphatic hydroxyl groups excluding tert-OH is 1. The summed E-state index contributed by atoms with van der Waals surface area (Å²) in [6, 6.07) is 0.